The minimum atomic E-state index is -3.14. The van der Waals surface area contributed by atoms with E-state index in [1.165, 1.54) is 11.8 Å². The highest BCUT2D eigenvalue weighted by molar-refractivity contribution is 7.99. The summed E-state index contributed by atoms with van der Waals surface area (Å²) in [6, 6.07) is 12.3. The summed E-state index contributed by atoms with van der Waals surface area (Å²) in [5.41, 5.74) is 0.280. The van der Waals surface area contributed by atoms with E-state index < -0.39 is 22.4 Å². The molecule has 0 N–H and O–H groups in total. The van der Waals surface area contributed by atoms with Crippen LogP contribution in [-0.2, 0) is 19.4 Å². The summed E-state index contributed by atoms with van der Waals surface area (Å²) >= 11 is 1.34. The molecule has 1 amide bonds. The van der Waals surface area contributed by atoms with Crippen molar-refractivity contribution in [2.24, 2.45) is 0 Å². The van der Waals surface area contributed by atoms with Gasteiger partial charge in [-0.2, -0.15) is 0 Å². The van der Waals surface area contributed by atoms with Crippen molar-refractivity contribution in [2.75, 3.05) is 18.1 Å². The molecule has 1 aliphatic heterocycles. The van der Waals surface area contributed by atoms with E-state index in [1.807, 2.05) is 44.2 Å². The van der Waals surface area contributed by atoms with E-state index in [2.05, 4.69) is 4.98 Å². The molecule has 0 spiro atoms. The highest BCUT2D eigenvalue weighted by Gasteiger charge is 2.36. The van der Waals surface area contributed by atoms with E-state index in [1.54, 1.807) is 23.2 Å². The molecular formula is C22H26N2O5S2. The Hall–Kier alpha value is -2.39. The van der Waals surface area contributed by atoms with Gasteiger partial charge in [0.1, 0.15) is 5.03 Å². The number of nitrogens with zero attached hydrogens (tertiary/aromatic N) is 2. The summed E-state index contributed by atoms with van der Waals surface area (Å²) in [6.45, 7) is 3.37. The number of benzene rings is 1. The Balaban J connectivity index is 1.69. The van der Waals surface area contributed by atoms with Crippen molar-refractivity contribution in [3.8, 4) is 0 Å². The molecule has 166 valence electrons. The maximum atomic E-state index is 12.9. The summed E-state index contributed by atoms with van der Waals surface area (Å²) in [5.74, 6) is -0.987. The van der Waals surface area contributed by atoms with E-state index in [9.17, 15) is 18.0 Å². The molecule has 1 fully saturated rings. The van der Waals surface area contributed by atoms with Crippen LogP contribution in [0.2, 0.25) is 0 Å². The fourth-order valence-electron chi connectivity index (χ4n) is 3.51. The molecule has 2 unspecified atom stereocenters. The van der Waals surface area contributed by atoms with Crippen molar-refractivity contribution >= 4 is 33.5 Å². The average molecular weight is 463 g/mol. The molecule has 7 nitrogen and oxygen atoms in total. The maximum Gasteiger partial charge on any atom is 0.341 e. The van der Waals surface area contributed by atoms with Crippen LogP contribution in [0.15, 0.2) is 58.6 Å². The van der Waals surface area contributed by atoms with Crippen LogP contribution in [-0.4, -0.2) is 60.4 Å². The summed E-state index contributed by atoms with van der Waals surface area (Å²) in [5, 5.41) is 0.492. The molecule has 0 bridgehead atoms. The quantitative estimate of drug-likeness (QED) is 0.556. The zero-order valence-electron chi connectivity index (χ0n) is 17.6. The average Bonchev–Trinajstić information content (AvgIpc) is 3.12. The van der Waals surface area contributed by atoms with Gasteiger partial charge >= 0.3 is 5.97 Å². The molecule has 1 aliphatic rings. The largest absolute Gasteiger partial charge is 0.452 e. The van der Waals surface area contributed by atoms with Crippen LogP contribution in [0.4, 0.5) is 0 Å². The number of amides is 1. The SMILES string of the molecule is CCC(C)N(C(=O)COC(=O)c1cccnc1Sc1ccccc1)C1CCS(=O)(=O)C1. The first-order chi connectivity index (χ1) is 14.8. The molecule has 1 saturated heterocycles. The molecular weight excluding hydrogens is 436 g/mol. The lowest BCUT2D eigenvalue weighted by Crippen LogP contribution is -2.48. The number of sulfone groups is 1. The second-order valence-corrected chi connectivity index (χ2v) is 10.8. The second-order valence-electron chi connectivity index (χ2n) is 7.46. The molecule has 9 heteroatoms. The number of hydrogen-bond donors (Lipinski definition) is 0. The van der Waals surface area contributed by atoms with Crippen LogP contribution in [0, 0.1) is 0 Å². The van der Waals surface area contributed by atoms with Gasteiger partial charge in [-0.3, -0.25) is 4.79 Å². The van der Waals surface area contributed by atoms with E-state index in [0.717, 1.165) is 4.90 Å². The number of ether oxygens (including phenoxy) is 1. The van der Waals surface area contributed by atoms with Gasteiger partial charge in [-0.1, -0.05) is 36.9 Å². The van der Waals surface area contributed by atoms with Crippen LogP contribution in [0.5, 0.6) is 0 Å². The van der Waals surface area contributed by atoms with Gasteiger partial charge in [0.05, 0.1) is 17.1 Å². The first kappa shape index (κ1) is 23.3. The van der Waals surface area contributed by atoms with Crippen molar-refractivity contribution in [3.05, 3.63) is 54.2 Å². The number of pyridine rings is 1. The van der Waals surface area contributed by atoms with Gasteiger partial charge < -0.3 is 9.64 Å². The number of esters is 1. The third-order valence-electron chi connectivity index (χ3n) is 5.23. The van der Waals surface area contributed by atoms with Crippen molar-refractivity contribution in [1.82, 2.24) is 9.88 Å². The summed E-state index contributed by atoms with van der Waals surface area (Å²) in [6.07, 6.45) is 2.68. The van der Waals surface area contributed by atoms with Crippen molar-refractivity contribution in [1.29, 1.82) is 0 Å². The maximum absolute atomic E-state index is 12.9. The Morgan fingerprint density at radius 3 is 2.61 bits per heavy atom. The Bertz CT molecular complexity index is 1030. The van der Waals surface area contributed by atoms with E-state index in [-0.39, 0.29) is 35.1 Å². The lowest BCUT2D eigenvalue weighted by molar-refractivity contribution is -0.138. The number of hydrogen-bond acceptors (Lipinski definition) is 7. The van der Waals surface area contributed by atoms with E-state index in [4.69, 9.17) is 4.74 Å². The normalized spacial score (nSPS) is 18.3. The molecule has 0 aliphatic carbocycles. The number of carbonyl (C=O) groups is 2. The minimum absolute atomic E-state index is 0.0442. The Labute approximate surface area is 187 Å². The fraction of sp³-hybridized carbons (Fsp3) is 0.409. The molecule has 3 rings (SSSR count). The monoisotopic (exact) mass is 462 g/mol. The van der Waals surface area contributed by atoms with Crippen LogP contribution in [0.3, 0.4) is 0 Å². The molecule has 31 heavy (non-hydrogen) atoms. The highest BCUT2D eigenvalue weighted by Crippen LogP contribution is 2.29. The van der Waals surface area contributed by atoms with Gasteiger partial charge in [0.25, 0.3) is 5.91 Å². The van der Waals surface area contributed by atoms with Crippen LogP contribution < -0.4 is 0 Å². The van der Waals surface area contributed by atoms with E-state index >= 15 is 0 Å². The van der Waals surface area contributed by atoms with E-state index in [0.29, 0.717) is 17.9 Å². The van der Waals surface area contributed by atoms with Crippen molar-refractivity contribution < 1.29 is 22.7 Å². The Morgan fingerprint density at radius 2 is 1.97 bits per heavy atom. The van der Waals surface area contributed by atoms with Gasteiger partial charge in [0, 0.05) is 23.2 Å². The Morgan fingerprint density at radius 1 is 1.23 bits per heavy atom. The summed E-state index contributed by atoms with van der Waals surface area (Å²) < 4.78 is 29.1. The highest BCUT2D eigenvalue weighted by atomic mass is 32.2. The van der Waals surface area contributed by atoms with Gasteiger partial charge in [-0.25, -0.2) is 18.2 Å². The zero-order chi connectivity index (χ0) is 22.4. The zero-order valence-corrected chi connectivity index (χ0v) is 19.2. The first-order valence-corrected chi connectivity index (χ1v) is 12.8. The molecule has 2 atom stereocenters. The molecule has 1 aromatic carbocycles. The predicted octanol–water partition coefficient (Wildman–Crippen LogP) is 3.20. The third-order valence-corrected chi connectivity index (χ3v) is 8.01. The number of aromatic nitrogens is 1. The third kappa shape index (κ3) is 6.07. The lowest BCUT2D eigenvalue weighted by Gasteiger charge is -2.33. The molecule has 0 radical (unpaired) electrons. The summed E-state index contributed by atoms with van der Waals surface area (Å²) in [7, 11) is -3.14. The lowest BCUT2D eigenvalue weighted by atomic mass is 10.1. The molecule has 0 saturated carbocycles. The molecule has 2 heterocycles. The summed E-state index contributed by atoms with van der Waals surface area (Å²) in [4.78, 5) is 32.4. The fourth-order valence-corrected chi connectivity index (χ4v) is 6.11. The van der Waals surface area contributed by atoms with Gasteiger partial charge in [0.2, 0.25) is 0 Å². The standard InChI is InChI=1S/C22H26N2O5S2/c1-3-16(2)24(17-11-13-31(27,28)15-17)20(25)14-29-22(26)19-10-7-12-23-21(19)30-18-8-5-4-6-9-18/h4-10,12,16-17H,3,11,13-15H2,1-2H3. The first-order valence-electron chi connectivity index (χ1n) is 10.2. The van der Waals surface area contributed by atoms with Crippen LogP contribution in [0.1, 0.15) is 37.0 Å². The minimum Gasteiger partial charge on any atom is -0.452 e. The predicted molar refractivity (Wildman–Crippen MR) is 119 cm³/mol. The number of carbonyl (C=O) groups excluding carboxylic acids is 2. The Kier molecular flexibility index (Phi) is 7.72. The number of rotatable bonds is 8. The van der Waals surface area contributed by atoms with Crippen molar-refractivity contribution in [2.45, 2.75) is 48.7 Å². The topological polar surface area (TPSA) is 93.6 Å². The molecule has 2 aromatic rings. The second kappa shape index (κ2) is 10.3. The van der Waals surface area contributed by atoms with Crippen molar-refractivity contribution in [3.63, 3.8) is 0 Å². The van der Waals surface area contributed by atoms with Gasteiger partial charge in [-0.15, -0.1) is 0 Å². The molecule has 1 aromatic heterocycles. The van der Waals surface area contributed by atoms with Gasteiger partial charge in [-0.05, 0) is 44.0 Å². The van der Waals surface area contributed by atoms with Gasteiger partial charge in [0.15, 0.2) is 16.4 Å². The van der Waals surface area contributed by atoms with Crippen LogP contribution >= 0.6 is 11.8 Å². The van der Waals surface area contributed by atoms with Crippen LogP contribution in [0.25, 0.3) is 0 Å². The smallest absolute Gasteiger partial charge is 0.341 e.